The van der Waals surface area contributed by atoms with Gasteiger partial charge in [-0.3, -0.25) is 10.1 Å². The summed E-state index contributed by atoms with van der Waals surface area (Å²) in [6.45, 7) is 5.70. The average molecular weight is 231 g/mol. The van der Waals surface area contributed by atoms with E-state index in [0.29, 0.717) is 0 Å². The van der Waals surface area contributed by atoms with Crippen molar-refractivity contribution < 1.29 is 24.5 Å². The van der Waals surface area contributed by atoms with Crippen molar-refractivity contribution in [2.24, 2.45) is 5.41 Å². The van der Waals surface area contributed by atoms with Crippen LogP contribution in [0.3, 0.4) is 0 Å². The van der Waals surface area contributed by atoms with Crippen LogP contribution >= 0.6 is 0 Å². The van der Waals surface area contributed by atoms with Crippen LogP contribution in [0.2, 0.25) is 0 Å². The number of hydrogen-bond donors (Lipinski definition) is 1. The van der Waals surface area contributed by atoms with E-state index in [-0.39, 0.29) is 11.6 Å². The van der Waals surface area contributed by atoms with Gasteiger partial charge in [-0.1, -0.05) is 20.8 Å². The minimum atomic E-state index is -0.584. The molecule has 1 saturated heterocycles. The Morgan fingerprint density at radius 2 is 2.19 bits per heavy atom. The SMILES string of the molecule is COC(=O)/C=C\C1ON1C(OO)C(C)(C)C. The van der Waals surface area contributed by atoms with Gasteiger partial charge in [0.1, 0.15) is 0 Å². The highest BCUT2D eigenvalue weighted by Gasteiger charge is 2.47. The number of hydrogen-bond acceptors (Lipinski definition) is 6. The normalized spacial score (nSPS) is 26.8. The maximum Gasteiger partial charge on any atom is 0.330 e. The van der Waals surface area contributed by atoms with E-state index < -0.39 is 12.2 Å². The Hall–Kier alpha value is -0.950. The first-order chi connectivity index (χ1) is 7.40. The molecule has 0 aromatic carbocycles. The van der Waals surface area contributed by atoms with Gasteiger partial charge in [0, 0.05) is 11.5 Å². The van der Waals surface area contributed by atoms with E-state index in [2.05, 4.69) is 9.62 Å². The molecule has 1 N–H and O–H groups in total. The standard InChI is InChI=1S/C10H17NO5/c1-10(2,3)9(16-13)11-7(15-11)5-6-8(12)14-4/h5-7,9,13H,1-4H3/b6-5-. The zero-order valence-electron chi connectivity index (χ0n) is 9.84. The lowest BCUT2D eigenvalue weighted by Crippen LogP contribution is -2.36. The predicted octanol–water partition coefficient (Wildman–Crippen LogP) is 1.15. The Labute approximate surface area is 94.3 Å². The quantitative estimate of drug-likeness (QED) is 0.257. The maximum absolute atomic E-state index is 10.8. The number of esters is 1. The van der Waals surface area contributed by atoms with Gasteiger partial charge in [-0.05, 0) is 6.08 Å². The van der Waals surface area contributed by atoms with Crippen LogP contribution in [-0.4, -0.2) is 35.9 Å². The molecule has 0 bridgehead atoms. The molecule has 1 rings (SSSR count). The molecule has 1 aliphatic rings. The lowest BCUT2D eigenvalue weighted by atomic mass is 9.94. The minimum Gasteiger partial charge on any atom is -0.466 e. The van der Waals surface area contributed by atoms with Gasteiger partial charge in [-0.2, -0.15) is 0 Å². The molecule has 1 heterocycles. The first-order valence-electron chi connectivity index (χ1n) is 4.91. The Balaban J connectivity index is 2.49. The summed E-state index contributed by atoms with van der Waals surface area (Å²) in [6, 6.07) is 0. The fraction of sp³-hybridized carbons (Fsp3) is 0.700. The van der Waals surface area contributed by atoms with Crippen molar-refractivity contribution in [3.8, 4) is 0 Å². The van der Waals surface area contributed by atoms with Crippen LogP contribution in [-0.2, 0) is 19.3 Å². The fourth-order valence-electron chi connectivity index (χ4n) is 1.22. The highest BCUT2D eigenvalue weighted by Crippen LogP contribution is 2.34. The van der Waals surface area contributed by atoms with E-state index in [1.165, 1.54) is 24.3 Å². The van der Waals surface area contributed by atoms with E-state index in [1.807, 2.05) is 20.8 Å². The fourth-order valence-corrected chi connectivity index (χ4v) is 1.22. The second kappa shape index (κ2) is 4.92. The van der Waals surface area contributed by atoms with Gasteiger partial charge in [0.15, 0.2) is 12.5 Å². The number of nitrogens with zero attached hydrogens (tertiary/aromatic N) is 1. The van der Waals surface area contributed by atoms with Crippen molar-refractivity contribution in [1.82, 2.24) is 5.06 Å². The lowest BCUT2D eigenvalue weighted by Gasteiger charge is -2.26. The number of methoxy groups -OCH3 is 1. The van der Waals surface area contributed by atoms with Crippen LogP contribution in [0.15, 0.2) is 12.2 Å². The summed E-state index contributed by atoms with van der Waals surface area (Å²) < 4.78 is 4.44. The smallest absolute Gasteiger partial charge is 0.330 e. The highest BCUT2D eigenvalue weighted by molar-refractivity contribution is 5.81. The minimum absolute atomic E-state index is 0.303. The summed E-state index contributed by atoms with van der Waals surface area (Å²) >= 11 is 0. The molecule has 0 radical (unpaired) electrons. The van der Waals surface area contributed by atoms with Crippen LogP contribution in [0, 0.1) is 5.41 Å². The molecule has 3 atom stereocenters. The summed E-state index contributed by atoms with van der Waals surface area (Å²) in [5.74, 6) is -0.451. The topological polar surface area (TPSA) is 71.3 Å². The lowest BCUT2D eigenvalue weighted by molar-refractivity contribution is -0.336. The molecule has 92 valence electrons. The van der Waals surface area contributed by atoms with E-state index in [9.17, 15) is 4.79 Å². The van der Waals surface area contributed by atoms with Crippen LogP contribution in [0.1, 0.15) is 20.8 Å². The van der Waals surface area contributed by atoms with Crippen molar-refractivity contribution in [3.05, 3.63) is 12.2 Å². The zero-order valence-corrected chi connectivity index (χ0v) is 9.84. The third-order valence-corrected chi connectivity index (χ3v) is 2.10. The van der Waals surface area contributed by atoms with Crippen molar-refractivity contribution in [2.45, 2.75) is 33.2 Å². The molecule has 16 heavy (non-hydrogen) atoms. The second-order valence-corrected chi connectivity index (χ2v) is 4.56. The molecule has 0 saturated carbocycles. The first kappa shape index (κ1) is 13.1. The van der Waals surface area contributed by atoms with Crippen LogP contribution in [0.5, 0.6) is 0 Å². The maximum atomic E-state index is 10.8. The number of ether oxygens (including phenoxy) is 1. The van der Waals surface area contributed by atoms with Gasteiger partial charge in [0.05, 0.1) is 7.11 Å². The van der Waals surface area contributed by atoms with Crippen LogP contribution < -0.4 is 0 Å². The summed E-state index contributed by atoms with van der Waals surface area (Å²) in [7, 11) is 1.30. The van der Waals surface area contributed by atoms with Crippen molar-refractivity contribution in [2.75, 3.05) is 7.11 Å². The van der Waals surface area contributed by atoms with Gasteiger partial charge in [-0.15, -0.1) is 5.06 Å². The summed E-state index contributed by atoms with van der Waals surface area (Å²) in [6.07, 6.45) is 1.85. The van der Waals surface area contributed by atoms with E-state index in [1.54, 1.807) is 0 Å². The van der Waals surface area contributed by atoms with E-state index in [4.69, 9.17) is 10.1 Å². The number of carbonyl (C=O) groups excluding carboxylic acids is 1. The van der Waals surface area contributed by atoms with E-state index >= 15 is 0 Å². The average Bonchev–Trinajstić information content (AvgIpc) is 2.92. The zero-order chi connectivity index (χ0) is 12.3. The molecule has 0 amide bonds. The molecule has 0 aliphatic carbocycles. The number of carbonyl (C=O) groups is 1. The second-order valence-electron chi connectivity index (χ2n) is 4.56. The molecule has 6 heteroatoms. The Morgan fingerprint density at radius 1 is 1.56 bits per heavy atom. The van der Waals surface area contributed by atoms with Crippen molar-refractivity contribution in [1.29, 1.82) is 0 Å². The predicted molar refractivity (Wildman–Crippen MR) is 54.8 cm³/mol. The molecule has 6 nitrogen and oxygen atoms in total. The summed E-state index contributed by atoms with van der Waals surface area (Å²) in [5, 5.41) is 10.2. The summed E-state index contributed by atoms with van der Waals surface area (Å²) in [4.78, 5) is 20.3. The summed E-state index contributed by atoms with van der Waals surface area (Å²) in [5.41, 5.74) is -0.303. The Kier molecular flexibility index (Phi) is 4.03. The number of hydroxylamine groups is 2. The first-order valence-corrected chi connectivity index (χ1v) is 4.91. The molecule has 1 fully saturated rings. The molecular formula is C10H17NO5. The van der Waals surface area contributed by atoms with Gasteiger partial charge in [0.25, 0.3) is 0 Å². The van der Waals surface area contributed by atoms with Crippen LogP contribution in [0.4, 0.5) is 0 Å². The van der Waals surface area contributed by atoms with Gasteiger partial charge in [-0.25, -0.2) is 9.68 Å². The van der Waals surface area contributed by atoms with Crippen molar-refractivity contribution >= 4 is 5.97 Å². The molecule has 3 unspecified atom stereocenters. The van der Waals surface area contributed by atoms with Gasteiger partial charge in [0.2, 0.25) is 0 Å². The number of rotatable bonds is 4. The van der Waals surface area contributed by atoms with Gasteiger partial charge >= 0.3 is 5.97 Å². The largest absolute Gasteiger partial charge is 0.466 e. The van der Waals surface area contributed by atoms with E-state index in [0.717, 1.165) is 0 Å². The third-order valence-electron chi connectivity index (χ3n) is 2.10. The molecular weight excluding hydrogens is 214 g/mol. The molecule has 1 aliphatic heterocycles. The molecule has 0 spiro atoms. The third kappa shape index (κ3) is 3.28. The Morgan fingerprint density at radius 3 is 2.62 bits per heavy atom. The molecule has 0 aromatic rings. The van der Waals surface area contributed by atoms with Crippen LogP contribution in [0.25, 0.3) is 0 Å². The Bertz CT molecular complexity index is 283. The van der Waals surface area contributed by atoms with Gasteiger partial charge < -0.3 is 4.74 Å². The highest BCUT2D eigenvalue weighted by atomic mass is 17.1. The van der Waals surface area contributed by atoms with Crippen molar-refractivity contribution in [3.63, 3.8) is 0 Å². The molecule has 0 aromatic heterocycles. The monoisotopic (exact) mass is 231 g/mol.